The first-order chi connectivity index (χ1) is 24.8. The highest BCUT2D eigenvalue weighted by Gasteiger charge is 2.61. The zero-order valence-corrected chi connectivity index (χ0v) is 30.9. The van der Waals surface area contributed by atoms with E-state index < -0.39 is 59.3 Å². The first-order valence-corrected chi connectivity index (χ1v) is 19.6. The van der Waals surface area contributed by atoms with Gasteiger partial charge < -0.3 is 25.4 Å². The number of carbonyl (C=O) groups is 4. The van der Waals surface area contributed by atoms with E-state index in [1.165, 1.54) is 9.58 Å². The Morgan fingerprint density at radius 2 is 1.67 bits per heavy atom. The van der Waals surface area contributed by atoms with Crippen LogP contribution in [0.15, 0.2) is 23.0 Å². The molecule has 0 unspecified atom stereocenters. The molecule has 3 heterocycles. The number of carbonyl (C=O) groups excluding carboxylic acids is 3. The van der Waals surface area contributed by atoms with Crippen LogP contribution >= 0.6 is 0 Å². The van der Waals surface area contributed by atoms with E-state index in [4.69, 9.17) is 9.84 Å². The maximum absolute atomic E-state index is 14.5. The lowest BCUT2D eigenvalue weighted by atomic mass is 9.82. The van der Waals surface area contributed by atoms with Gasteiger partial charge in [-0.2, -0.15) is 5.10 Å². The fraction of sp³-hybridized carbons (Fsp3) is 0.744. The molecular formula is C39H56FN5O7. The number of halogens is 1. The topological polar surface area (TPSA) is 160 Å². The predicted octanol–water partition coefficient (Wildman–Crippen LogP) is 5.80. The van der Waals surface area contributed by atoms with Gasteiger partial charge >= 0.3 is 12.1 Å². The van der Waals surface area contributed by atoms with Crippen LogP contribution in [0, 0.1) is 5.92 Å². The van der Waals surface area contributed by atoms with Crippen LogP contribution in [0.4, 0.5) is 9.18 Å². The molecule has 1 saturated heterocycles. The minimum Gasteiger partial charge on any atom is -0.479 e. The van der Waals surface area contributed by atoms with Crippen molar-refractivity contribution in [2.75, 3.05) is 6.54 Å². The summed E-state index contributed by atoms with van der Waals surface area (Å²) in [4.78, 5) is 70.1. The van der Waals surface area contributed by atoms with Crippen molar-refractivity contribution >= 4 is 23.9 Å². The van der Waals surface area contributed by atoms with Crippen LogP contribution in [0.1, 0.15) is 153 Å². The molecule has 0 spiro atoms. The first kappa shape index (κ1) is 38.0. The fourth-order valence-electron chi connectivity index (χ4n) is 8.76. The van der Waals surface area contributed by atoms with Crippen LogP contribution in [0.3, 0.4) is 0 Å². The summed E-state index contributed by atoms with van der Waals surface area (Å²) >= 11 is 0. The lowest BCUT2D eigenvalue weighted by Gasteiger charge is -2.30. The van der Waals surface area contributed by atoms with Gasteiger partial charge in [0.15, 0.2) is 0 Å². The summed E-state index contributed by atoms with van der Waals surface area (Å²) in [6.07, 6.45) is 12.9. The highest BCUT2D eigenvalue weighted by Crippen LogP contribution is 2.46. The summed E-state index contributed by atoms with van der Waals surface area (Å²) in [6.45, 7) is 5.18. The molecule has 3 amide bonds. The van der Waals surface area contributed by atoms with Crippen LogP contribution in [0.25, 0.3) is 0 Å². The van der Waals surface area contributed by atoms with Gasteiger partial charge in [0.05, 0.1) is 11.7 Å². The molecule has 3 N–H and O–H groups in total. The number of carboxylic acids is 1. The Morgan fingerprint density at radius 3 is 2.37 bits per heavy atom. The standard InChI is InChI=1S/C39H56FN5O7/c1-38(2,3)52-37(51)41-30-15-11-6-4-5-10-14-26-22-39(26,36(49)50)42-33(46)32-20-28(23-44(32)35(30)48)45-34(47)29(24-16-18-27(40)19-17-24)21-31(43-45)25-12-8-7-9-13-25/h10,14,21,24-28,30,32H,4-9,11-13,15-20,22-23H2,1-3H3,(H,41,51)(H,42,46)(H,49,50)/b14-10-/t24?,26-,27?,28+,30+,32+,39-/m1/s1. The molecule has 5 aliphatic rings. The van der Waals surface area contributed by atoms with E-state index in [9.17, 15) is 33.5 Å². The average Bonchev–Trinajstić information content (AvgIpc) is 3.61. The first-order valence-electron chi connectivity index (χ1n) is 19.6. The number of rotatable bonds is 5. The van der Waals surface area contributed by atoms with Gasteiger partial charge in [0.25, 0.3) is 5.56 Å². The van der Waals surface area contributed by atoms with Crippen molar-refractivity contribution in [3.05, 3.63) is 39.8 Å². The number of hydrogen-bond donors (Lipinski definition) is 3. The number of nitrogens with one attached hydrogen (secondary N) is 2. The van der Waals surface area contributed by atoms with Gasteiger partial charge in [-0.1, -0.05) is 44.3 Å². The minimum atomic E-state index is -1.48. The van der Waals surface area contributed by atoms with Gasteiger partial charge in [0, 0.05) is 30.4 Å². The highest BCUT2D eigenvalue weighted by atomic mass is 19.1. The van der Waals surface area contributed by atoms with Crippen molar-refractivity contribution in [1.82, 2.24) is 25.3 Å². The predicted molar refractivity (Wildman–Crippen MR) is 192 cm³/mol. The van der Waals surface area contributed by atoms with Crippen molar-refractivity contribution in [1.29, 1.82) is 0 Å². The minimum absolute atomic E-state index is 0.0233. The van der Waals surface area contributed by atoms with Gasteiger partial charge in [-0.15, -0.1) is 0 Å². The number of fused-ring (bicyclic) bond motifs is 2. The van der Waals surface area contributed by atoms with E-state index >= 15 is 0 Å². The molecule has 2 aliphatic heterocycles. The molecule has 1 aromatic rings. The largest absolute Gasteiger partial charge is 0.479 e. The van der Waals surface area contributed by atoms with Crippen molar-refractivity contribution in [3.8, 4) is 0 Å². The molecular weight excluding hydrogens is 669 g/mol. The lowest BCUT2D eigenvalue weighted by Crippen LogP contribution is -2.56. The van der Waals surface area contributed by atoms with Gasteiger partial charge in [0.1, 0.15) is 29.4 Å². The normalized spacial score (nSPS) is 32.7. The monoisotopic (exact) mass is 725 g/mol. The molecule has 0 aromatic carbocycles. The number of alkyl carbamates (subject to hydrolysis) is 1. The molecule has 5 atom stereocenters. The molecule has 13 heteroatoms. The second kappa shape index (κ2) is 15.7. The molecule has 3 saturated carbocycles. The highest BCUT2D eigenvalue weighted by molar-refractivity contribution is 5.96. The Hall–Kier alpha value is -3.77. The fourth-order valence-corrected chi connectivity index (χ4v) is 8.76. The lowest BCUT2D eigenvalue weighted by molar-refractivity contribution is -0.145. The summed E-state index contributed by atoms with van der Waals surface area (Å²) in [5.74, 6) is -2.55. The van der Waals surface area contributed by atoms with Crippen molar-refractivity contribution in [3.63, 3.8) is 0 Å². The molecule has 0 radical (unpaired) electrons. The van der Waals surface area contributed by atoms with Crippen LogP contribution < -0.4 is 16.2 Å². The van der Waals surface area contributed by atoms with Gasteiger partial charge in [0.2, 0.25) is 11.8 Å². The Bertz CT molecular complexity index is 1590. The number of ether oxygens (including phenoxy) is 1. The summed E-state index contributed by atoms with van der Waals surface area (Å²) in [5, 5.41) is 20.7. The molecule has 286 valence electrons. The van der Waals surface area contributed by atoms with Crippen LogP contribution in [0.2, 0.25) is 0 Å². The Balaban J connectivity index is 1.37. The number of aromatic nitrogens is 2. The van der Waals surface area contributed by atoms with E-state index in [0.717, 1.165) is 57.1 Å². The van der Waals surface area contributed by atoms with E-state index in [0.29, 0.717) is 44.1 Å². The Labute approximate surface area is 305 Å². The molecule has 12 nitrogen and oxygen atoms in total. The zero-order valence-electron chi connectivity index (χ0n) is 30.9. The number of allylic oxidation sites excluding steroid dienone is 1. The van der Waals surface area contributed by atoms with Crippen molar-refractivity contribution < 1.29 is 33.4 Å². The molecule has 52 heavy (non-hydrogen) atoms. The third-order valence-corrected chi connectivity index (χ3v) is 11.8. The number of carboxylic acid groups (broad SMARTS) is 1. The van der Waals surface area contributed by atoms with Gasteiger partial charge in [-0.3, -0.25) is 14.4 Å². The number of alkyl halides is 1. The maximum atomic E-state index is 14.5. The van der Waals surface area contributed by atoms with E-state index in [-0.39, 0.29) is 42.7 Å². The Kier molecular flexibility index (Phi) is 11.5. The number of amides is 3. The van der Waals surface area contributed by atoms with E-state index in [2.05, 4.69) is 10.6 Å². The maximum Gasteiger partial charge on any atom is 0.408 e. The third kappa shape index (κ3) is 8.54. The molecule has 4 fully saturated rings. The molecule has 6 rings (SSSR count). The van der Waals surface area contributed by atoms with Crippen LogP contribution in [0.5, 0.6) is 0 Å². The quantitative estimate of drug-likeness (QED) is 0.321. The molecule has 0 bridgehead atoms. The second-order valence-corrected chi connectivity index (χ2v) is 16.8. The van der Waals surface area contributed by atoms with Crippen LogP contribution in [-0.4, -0.2) is 79.6 Å². The number of aliphatic carboxylic acids is 1. The van der Waals surface area contributed by atoms with Crippen LogP contribution in [-0.2, 0) is 19.1 Å². The second-order valence-electron chi connectivity index (χ2n) is 16.8. The summed E-state index contributed by atoms with van der Waals surface area (Å²) in [5.41, 5.74) is -1.14. The van der Waals surface area contributed by atoms with Crippen molar-refractivity contribution in [2.24, 2.45) is 5.92 Å². The van der Waals surface area contributed by atoms with Gasteiger partial charge in [-0.25, -0.2) is 18.7 Å². The number of nitrogens with zero attached hydrogens (tertiary/aromatic N) is 3. The Morgan fingerprint density at radius 1 is 0.981 bits per heavy atom. The number of hydrogen-bond acceptors (Lipinski definition) is 7. The summed E-state index contributed by atoms with van der Waals surface area (Å²) in [7, 11) is 0. The van der Waals surface area contributed by atoms with E-state index in [1.807, 2.05) is 18.2 Å². The average molecular weight is 726 g/mol. The summed E-state index contributed by atoms with van der Waals surface area (Å²) in [6, 6.07) is -0.855. The van der Waals surface area contributed by atoms with Crippen molar-refractivity contribution in [2.45, 2.75) is 171 Å². The zero-order chi connectivity index (χ0) is 37.2. The molecule has 1 aromatic heterocycles. The van der Waals surface area contributed by atoms with E-state index in [1.54, 1.807) is 20.8 Å². The molecule has 3 aliphatic carbocycles. The SMILES string of the molecule is CC(C)(C)OC(=O)N[C@H]1CCCCC/C=C\[C@@H]2C[C@@]2(C(=O)O)NC(=O)[C@@H]2C[C@H](n3nc(C4CCCCC4)cc(C4CCC(F)CC4)c3=O)CN2C1=O. The van der Waals surface area contributed by atoms with Gasteiger partial charge in [-0.05, 0) is 97.0 Å². The summed E-state index contributed by atoms with van der Waals surface area (Å²) < 4.78 is 21.2. The third-order valence-electron chi connectivity index (χ3n) is 11.8. The smallest absolute Gasteiger partial charge is 0.408 e.